The van der Waals surface area contributed by atoms with Gasteiger partial charge in [0.25, 0.3) is 5.91 Å². The minimum Gasteiger partial charge on any atom is -0.480 e. The number of H-pyrrole nitrogens is 1. The second-order valence-electron chi connectivity index (χ2n) is 4.14. The van der Waals surface area contributed by atoms with E-state index in [0.29, 0.717) is 5.69 Å². The number of amides is 1. The lowest BCUT2D eigenvalue weighted by Crippen LogP contribution is -2.41. The molecule has 0 aliphatic carbocycles. The van der Waals surface area contributed by atoms with Crippen LogP contribution in [-0.4, -0.2) is 45.8 Å². The SMILES string of the molecule is CCOC(=O)CC[C@H](NC(=O)c1cc(C)[nH]n1)C(=O)O. The molecule has 3 N–H and O–H groups in total. The molecular formula is C12H17N3O5. The molecule has 1 aromatic heterocycles. The van der Waals surface area contributed by atoms with Crippen molar-refractivity contribution in [2.75, 3.05) is 6.61 Å². The average Bonchev–Trinajstić information content (AvgIpc) is 2.81. The lowest BCUT2D eigenvalue weighted by Gasteiger charge is -2.13. The third kappa shape index (κ3) is 4.71. The van der Waals surface area contributed by atoms with Gasteiger partial charge in [-0.05, 0) is 26.3 Å². The summed E-state index contributed by atoms with van der Waals surface area (Å²) in [6, 6.07) is 0.337. The van der Waals surface area contributed by atoms with Gasteiger partial charge in [-0.15, -0.1) is 0 Å². The summed E-state index contributed by atoms with van der Waals surface area (Å²) < 4.78 is 4.70. The minimum atomic E-state index is -1.21. The summed E-state index contributed by atoms with van der Waals surface area (Å²) in [5.74, 6) is -2.32. The van der Waals surface area contributed by atoms with Crippen LogP contribution in [0.4, 0.5) is 0 Å². The number of aromatic nitrogens is 2. The molecule has 0 aliphatic rings. The van der Waals surface area contributed by atoms with Crippen LogP contribution in [0.1, 0.15) is 35.9 Å². The van der Waals surface area contributed by atoms with E-state index in [1.807, 2.05) is 0 Å². The van der Waals surface area contributed by atoms with Gasteiger partial charge in [-0.1, -0.05) is 0 Å². The molecule has 20 heavy (non-hydrogen) atoms. The maximum atomic E-state index is 11.8. The second-order valence-corrected chi connectivity index (χ2v) is 4.14. The highest BCUT2D eigenvalue weighted by molar-refractivity contribution is 5.95. The zero-order chi connectivity index (χ0) is 15.1. The number of hydrogen-bond acceptors (Lipinski definition) is 5. The minimum absolute atomic E-state index is 0.0384. The molecule has 0 saturated heterocycles. The molecule has 0 aromatic carbocycles. The molecule has 0 fully saturated rings. The molecule has 0 aliphatic heterocycles. The number of esters is 1. The van der Waals surface area contributed by atoms with Crippen LogP contribution < -0.4 is 5.32 Å². The zero-order valence-corrected chi connectivity index (χ0v) is 11.3. The van der Waals surface area contributed by atoms with Crippen LogP contribution in [-0.2, 0) is 14.3 Å². The van der Waals surface area contributed by atoms with Crippen LogP contribution in [0, 0.1) is 6.92 Å². The molecule has 0 unspecified atom stereocenters. The standard InChI is InChI=1S/C12H17N3O5/c1-3-20-10(16)5-4-8(12(18)19)13-11(17)9-6-7(2)14-15-9/h6,8H,3-5H2,1-2H3,(H,13,17)(H,14,15)(H,18,19)/t8-/m0/s1. The molecule has 8 nitrogen and oxygen atoms in total. The number of carboxylic acid groups (broad SMARTS) is 1. The number of aryl methyl sites for hydroxylation is 1. The molecule has 1 amide bonds. The van der Waals surface area contributed by atoms with Gasteiger partial charge in [0.2, 0.25) is 0 Å². The zero-order valence-electron chi connectivity index (χ0n) is 11.3. The monoisotopic (exact) mass is 283 g/mol. The Kier molecular flexibility index (Phi) is 5.70. The first kappa shape index (κ1) is 15.7. The molecular weight excluding hydrogens is 266 g/mol. The van der Waals surface area contributed by atoms with Gasteiger partial charge in [0.1, 0.15) is 11.7 Å². The third-order valence-corrected chi connectivity index (χ3v) is 2.48. The quantitative estimate of drug-likeness (QED) is 0.616. The van der Waals surface area contributed by atoms with E-state index in [1.165, 1.54) is 6.07 Å². The summed E-state index contributed by atoms with van der Waals surface area (Å²) in [7, 11) is 0. The van der Waals surface area contributed by atoms with Crippen LogP contribution >= 0.6 is 0 Å². The Hall–Kier alpha value is -2.38. The number of nitrogens with one attached hydrogen (secondary N) is 2. The number of aliphatic carboxylic acids is 1. The molecule has 1 atom stereocenters. The maximum absolute atomic E-state index is 11.8. The molecule has 1 aromatic rings. The largest absolute Gasteiger partial charge is 0.480 e. The highest BCUT2D eigenvalue weighted by Crippen LogP contribution is 2.03. The number of nitrogens with zero attached hydrogens (tertiary/aromatic N) is 1. The predicted molar refractivity (Wildman–Crippen MR) is 68.1 cm³/mol. The summed E-state index contributed by atoms with van der Waals surface area (Å²) in [5, 5.41) is 17.7. The number of carbonyl (C=O) groups excluding carboxylic acids is 2. The Labute approximate surface area is 115 Å². The number of carbonyl (C=O) groups is 3. The fraction of sp³-hybridized carbons (Fsp3) is 0.500. The Morgan fingerprint density at radius 3 is 2.70 bits per heavy atom. The Bertz CT molecular complexity index is 497. The van der Waals surface area contributed by atoms with Crippen molar-refractivity contribution in [2.45, 2.75) is 32.7 Å². The van der Waals surface area contributed by atoms with E-state index in [9.17, 15) is 14.4 Å². The molecule has 0 radical (unpaired) electrons. The molecule has 1 heterocycles. The number of hydrogen-bond donors (Lipinski definition) is 3. The van der Waals surface area contributed by atoms with Crippen molar-refractivity contribution in [2.24, 2.45) is 0 Å². The van der Waals surface area contributed by atoms with E-state index in [1.54, 1.807) is 13.8 Å². The van der Waals surface area contributed by atoms with Gasteiger partial charge >= 0.3 is 11.9 Å². The lowest BCUT2D eigenvalue weighted by atomic mass is 10.1. The van der Waals surface area contributed by atoms with Gasteiger partial charge in [0, 0.05) is 12.1 Å². The van der Waals surface area contributed by atoms with Gasteiger partial charge in [-0.3, -0.25) is 14.7 Å². The van der Waals surface area contributed by atoms with Crippen molar-refractivity contribution < 1.29 is 24.2 Å². The van der Waals surface area contributed by atoms with E-state index in [-0.39, 0.29) is 25.1 Å². The average molecular weight is 283 g/mol. The fourth-order valence-electron chi connectivity index (χ4n) is 1.52. The van der Waals surface area contributed by atoms with Crippen LogP contribution in [0.3, 0.4) is 0 Å². The van der Waals surface area contributed by atoms with E-state index in [0.717, 1.165) is 0 Å². The highest BCUT2D eigenvalue weighted by Gasteiger charge is 2.22. The predicted octanol–water partition coefficient (Wildman–Crippen LogP) is 0.244. The van der Waals surface area contributed by atoms with Gasteiger partial charge in [-0.25, -0.2) is 4.79 Å². The molecule has 0 saturated carbocycles. The topological polar surface area (TPSA) is 121 Å². The Morgan fingerprint density at radius 2 is 2.20 bits per heavy atom. The molecule has 0 bridgehead atoms. The summed E-state index contributed by atoms with van der Waals surface area (Å²) >= 11 is 0. The van der Waals surface area contributed by atoms with Gasteiger partial charge in [0.05, 0.1) is 6.61 Å². The summed E-state index contributed by atoms with van der Waals surface area (Å²) in [6.45, 7) is 3.61. The van der Waals surface area contributed by atoms with Crippen molar-refractivity contribution in [3.8, 4) is 0 Å². The van der Waals surface area contributed by atoms with Gasteiger partial charge < -0.3 is 15.2 Å². The Morgan fingerprint density at radius 1 is 1.50 bits per heavy atom. The second kappa shape index (κ2) is 7.27. The van der Waals surface area contributed by atoms with Crippen molar-refractivity contribution in [1.29, 1.82) is 0 Å². The number of ether oxygens (including phenoxy) is 1. The molecule has 8 heteroatoms. The number of rotatable bonds is 7. The number of aromatic amines is 1. The summed E-state index contributed by atoms with van der Waals surface area (Å²) in [4.78, 5) is 34.0. The Balaban J connectivity index is 2.57. The van der Waals surface area contributed by atoms with Crippen molar-refractivity contribution in [1.82, 2.24) is 15.5 Å². The van der Waals surface area contributed by atoms with E-state index in [4.69, 9.17) is 9.84 Å². The first-order valence-electron chi connectivity index (χ1n) is 6.15. The first-order chi connectivity index (χ1) is 9.43. The van der Waals surface area contributed by atoms with Crippen LogP contribution in [0.2, 0.25) is 0 Å². The van der Waals surface area contributed by atoms with Crippen LogP contribution in [0.25, 0.3) is 0 Å². The maximum Gasteiger partial charge on any atom is 0.326 e. The van der Waals surface area contributed by atoms with Gasteiger partial charge in [0.15, 0.2) is 0 Å². The third-order valence-electron chi connectivity index (χ3n) is 2.48. The fourth-order valence-corrected chi connectivity index (χ4v) is 1.52. The van der Waals surface area contributed by atoms with Crippen LogP contribution in [0.5, 0.6) is 0 Å². The molecule has 1 rings (SSSR count). The van der Waals surface area contributed by atoms with E-state index >= 15 is 0 Å². The number of carboxylic acids is 1. The molecule has 110 valence electrons. The first-order valence-corrected chi connectivity index (χ1v) is 6.15. The smallest absolute Gasteiger partial charge is 0.326 e. The van der Waals surface area contributed by atoms with Gasteiger partial charge in [-0.2, -0.15) is 5.10 Å². The highest BCUT2D eigenvalue weighted by atomic mass is 16.5. The lowest BCUT2D eigenvalue weighted by molar-refractivity contribution is -0.144. The van der Waals surface area contributed by atoms with Crippen LogP contribution in [0.15, 0.2) is 6.07 Å². The van der Waals surface area contributed by atoms with E-state index in [2.05, 4.69) is 15.5 Å². The van der Waals surface area contributed by atoms with E-state index < -0.39 is 23.9 Å². The van der Waals surface area contributed by atoms with Crippen molar-refractivity contribution in [3.63, 3.8) is 0 Å². The normalized spacial score (nSPS) is 11.7. The molecule has 0 spiro atoms. The summed E-state index contributed by atoms with van der Waals surface area (Å²) in [6.07, 6.45) is -0.117. The van der Waals surface area contributed by atoms with Crippen molar-refractivity contribution >= 4 is 17.8 Å². The van der Waals surface area contributed by atoms with Crippen molar-refractivity contribution in [3.05, 3.63) is 17.5 Å². The summed E-state index contributed by atoms with van der Waals surface area (Å²) in [5.41, 5.74) is 0.790.